The van der Waals surface area contributed by atoms with Crippen molar-refractivity contribution in [3.05, 3.63) is 29.1 Å². The zero-order valence-corrected chi connectivity index (χ0v) is 7.21. The molecule has 0 fully saturated rings. The summed E-state index contributed by atoms with van der Waals surface area (Å²) in [6.45, 7) is -3.18. The molecule has 0 N–H and O–H groups in total. The average Bonchev–Trinajstić information content (AvgIpc) is 2.16. The summed E-state index contributed by atoms with van der Waals surface area (Å²) < 4.78 is 40.7. The van der Waals surface area contributed by atoms with Crippen LogP contribution in [0.25, 0.3) is 0 Å². The molecule has 0 bridgehead atoms. The number of alkyl halides is 2. The van der Waals surface area contributed by atoms with Crippen LogP contribution in [-0.4, -0.2) is 12.9 Å². The van der Waals surface area contributed by atoms with Crippen LogP contribution < -0.4 is 4.74 Å². The van der Waals surface area contributed by atoms with E-state index in [2.05, 4.69) is 4.74 Å². The van der Waals surface area contributed by atoms with E-state index in [-0.39, 0.29) is 11.8 Å². The standard InChI is InChI=1S/C9H4F3NO2/c10-7-1-5(4-14)2-8(6(7)3-13)15-9(11)12/h1-2,4,9H. The molecule has 0 unspecified atom stereocenters. The van der Waals surface area contributed by atoms with Gasteiger partial charge in [-0.15, -0.1) is 0 Å². The van der Waals surface area contributed by atoms with E-state index in [0.29, 0.717) is 0 Å². The maximum Gasteiger partial charge on any atom is 0.387 e. The fourth-order valence-electron chi connectivity index (χ4n) is 0.967. The van der Waals surface area contributed by atoms with Gasteiger partial charge >= 0.3 is 6.61 Å². The molecule has 1 aromatic carbocycles. The molecule has 3 nitrogen and oxygen atoms in total. The molecular formula is C9H4F3NO2. The lowest BCUT2D eigenvalue weighted by atomic mass is 10.1. The van der Waals surface area contributed by atoms with E-state index in [0.717, 1.165) is 12.1 Å². The Labute approximate surface area is 82.7 Å². The highest BCUT2D eigenvalue weighted by Crippen LogP contribution is 2.24. The first-order valence-electron chi connectivity index (χ1n) is 3.72. The Morgan fingerprint density at radius 2 is 2.13 bits per heavy atom. The Morgan fingerprint density at radius 1 is 1.47 bits per heavy atom. The molecule has 0 radical (unpaired) electrons. The number of halogens is 3. The van der Waals surface area contributed by atoms with Gasteiger partial charge in [-0.2, -0.15) is 14.0 Å². The van der Waals surface area contributed by atoms with E-state index in [1.54, 1.807) is 0 Å². The van der Waals surface area contributed by atoms with Gasteiger partial charge in [-0.05, 0) is 12.1 Å². The minimum Gasteiger partial charge on any atom is -0.433 e. The van der Waals surface area contributed by atoms with Crippen LogP contribution in [0.2, 0.25) is 0 Å². The normalized spacial score (nSPS) is 9.80. The molecule has 0 amide bonds. The van der Waals surface area contributed by atoms with Crippen molar-refractivity contribution >= 4 is 6.29 Å². The molecule has 0 aliphatic heterocycles. The van der Waals surface area contributed by atoms with Gasteiger partial charge in [0.15, 0.2) is 0 Å². The van der Waals surface area contributed by atoms with Crippen LogP contribution in [-0.2, 0) is 0 Å². The van der Waals surface area contributed by atoms with Gasteiger partial charge < -0.3 is 4.74 Å². The third-order valence-corrected chi connectivity index (χ3v) is 1.54. The molecule has 1 rings (SSSR count). The number of nitriles is 1. The van der Waals surface area contributed by atoms with Crippen LogP contribution >= 0.6 is 0 Å². The molecule has 0 aromatic heterocycles. The molecule has 1 aromatic rings. The number of rotatable bonds is 3. The van der Waals surface area contributed by atoms with E-state index < -0.39 is 23.7 Å². The van der Waals surface area contributed by atoms with Crippen LogP contribution in [0.3, 0.4) is 0 Å². The summed E-state index contributed by atoms with van der Waals surface area (Å²) >= 11 is 0. The highest BCUT2D eigenvalue weighted by molar-refractivity contribution is 5.76. The SMILES string of the molecule is N#Cc1c(F)cc(C=O)cc1OC(F)F. The Morgan fingerprint density at radius 3 is 2.60 bits per heavy atom. The van der Waals surface area contributed by atoms with E-state index >= 15 is 0 Å². The van der Waals surface area contributed by atoms with Crippen molar-refractivity contribution in [2.45, 2.75) is 6.61 Å². The summed E-state index contributed by atoms with van der Waals surface area (Å²) in [5.41, 5.74) is -0.831. The minimum absolute atomic E-state index is 0.179. The maximum atomic E-state index is 13.0. The molecule has 0 atom stereocenters. The van der Waals surface area contributed by atoms with Crippen molar-refractivity contribution in [2.75, 3.05) is 0 Å². The number of hydrogen-bond donors (Lipinski definition) is 0. The number of benzene rings is 1. The Balaban J connectivity index is 3.27. The quantitative estimate of drug-likeness (QED) is 0.725. The predicted molar refractivity (Wildman–Crippen MR) is 43.1 cm³/mol. The summed E-state index contributed by atoms with van der Waals surface area (Å²) in [7, 11) is 0. The van der Waals surface area contributed by atoms with Crippen LogP contribution in [0.4, 0.5) is 13.2 Å². The maximum absolute atomic E-state index is 13.0. The van der Waals surface area contributed by atoms with E-state index in [4.69, 9.17) is 5.26 Å². The summed E-state index contributed by atoms with van der Waals surface area (Å²) in [6, 6.07) is 3.01. The topological polar surface area (TPSA) is 50.1 Å². The number of aldehydes is 1. The molecular weight excluding hydrogens is 211 g/mol. The van der Waals surface area contributed by atoms with Crippen LogP contribution in [0.1, 0.15) is 15.9 Å². The van der Waals surface area contributed by atoms with Gasteiger partial charge in [-0.25, -0.2) is 4.39 Å². The number of carbonyl (C=O) groups is 1. The Hall–Kier alpha value is -2.03. The second kappa shape index (κ2) is 4.46. The predicted octanol–water partition coefficient (Wildman–Crippen LogP) is 2.11. The van der Waals surface area contributed by atoms with Crippen LogP contribution in [0.5, 0.6) is 5.75 Å². The lowest BCUT2D eigenvalue weighted by Crippen LogP contribution is -2.05. The molecule has 0 aliphatic rings. The van der Waals surface area contributed by atoms with Gasteiger partial charge in [0, 0.05) is 5.56 Å². The van der Waals surface area contributed by atoms with Gasteiger partial charge in [0.05, 0.1) is 0 Å². The summed E-state index contributed by atoms with van der Waals surface area (Å²) in [4.78, 5) is 10.3. The average molecular weight is 215 g/mol. The zero-order valence-electron chi connectivity index (χ0n) is 7.21. The highest BCUT2D eigenvalue weighted by Gasteiger charge is 2.15. The fraction of sp³-hybridized carbons (Fsp3) is 0.111. The molecule has 15 heavy (non-hydrogen) atoms. The fourth-order valence-corrected chi connectivity index (χ4v) is 0.967. The Kier molecular flexibility index (Phi) is 3.29. The third-order valence-electron chi connectivity index (χ3n) is 1.54. The molecule has 0 aliphatic carbocycles. The number of nitrogens with zero attached hydrogens (tertiary/aromatic N) is 1. The van der Waals surface area contributed by atoms with Gasteiger partial charge in [-0.3, -0.25) is 4.79 Å². The van der Waals surface area contributed by atoms with Crippen molar-refractivity contribution in [3.63, 3.8) is 0 Å². The monoisotopic (exact) mass is 215 g/mol. The molecule has 0 saturated carbocycles. The molecule has 0 saturated heterocycles. The van der Waals surface area contributed by atoms with Gasteiger partial charge in [-0.1, -0.05) is 0 Å². The molecule has 0 spiro atoms. The Bertz CT molecular complexity index is 426. The number of carbonyl (C=O) groups excluding carboxylic acids is 1. The molecule has 6 heteroatoms. The number of hydrogen-bond acceptors (Lipinski definition) is 3. The van der Waals surface area contributed by atoms with E-state index in [1.165, 1.54) is 6.07 Å². The van der Waals surface area contributed by atoms with Crippen molar-refractivity contribution in [2.24, 2.45) is 0 Å². The first-order valence-corrected chi connectivity index (χ1v) is 3.72. The number of ether oxygens (including phenoxy) is 1. The smallest absolute Gasteiger partial charge is 0.387 e. The third kappa shape index (κ3) is 2.47. The summed E-state index contributed by atoms with van der Waals surface area (Å²) in [6.07, 6.45) is 0.266. The first kappa shape index (κ1) is 11.0. The lowest BCUT2D eigenvalue weighted by molar-refractivity contribution is -0.0502. The van der Waals surface area contributed by atoms with Crippen LogP contribution in [0, 0.1) is 17.1 Å². The highest BCUT2D eigenvalue weighted by atomic mass is 19.3. The van der Waals surface area contributed by atoms with Gasteiger partial charge in [0.1, 0.15) is 29.5 Å². The lowest BCUT2D eigenvalue weighted by Gasteiger charge is -2.07. The second-order valence-corrected chi connectivity index (χ2v) is 2.48. The van der Waals surface area contributed by atoms with E-state index in [9.17, 15) is 18.0 Å². The van der Waals surface area contributed by atoms with Gasteiger partial charge in [0.2, 0.25) is 0 Å². The van der Waals surface area contributed by atoms with Crippen molar-refractivity contribution in [3.8, 4) is 11.8 Å². The second-order valence-electron chi connectivity index (χ2n) is 2.48. The van der Waals surface area contributed by atoms with Gasteiger partial charge in [0.25, 0.3) is 0 Å². The minimum atomic E-state index is -3.18. The zero-order chi connectivity index (χ0) is 11.4. The molecule has 0 heterocycles. The summed E-state index contributed by atoms with van der Waals surface area (Å²) in [5.74, 6) is -1.72. The largest absolute Gasteiger partial charge is 0.433 e. The van der Waals surface area contributed by atoms with Crippen molar-refractivity contribution < 1.29 is 22.7 Å². The van der Waals surface area contributed by atoms with Crippen LogP contribution in [0.15, 0.2) is 12.1 Å². The summed E-state index contributed by atoms with van der Waals surface area (Å²) in [5, 5.41) is 8.47. The van der Waals surface area contributed by atoms with Crippen molar-refractivity contribution in [1.82, 2.24) is 0 Å². The molecule has 78 valence electrons. The van der Waals surface area contributed by atoms with Crippen molar-refractivity contribution in [1.29, 1.82) is 5.26 Å². The first-order chi connectivity index (χ1) is 7.08. The van der Waals surface area contributed by atoms with E-state index in [1.807, 2.05) is 0 Å².